The van der Waals surface area contributed by atoms with E-state index in [1.165, 1.54) is 0 Å². The highest BCUT2D eigenvalue weighted by atomic mass is 16.5. The number of amides is 1. The number of ketones is 1. The van der Waals surface area contributed by atoms with Crippen molar-refractivity contribution in [2.24, 2.45) is 0 Å². The minimum absolute atomic E-state index is 0.00606. The van der Waals surface area contributed by atoms with Crippen LogP contribution in [0.15, 0.2) is 0 Å². The van der Waals surface area contributed by atoms with Crippen molar-refractivity contribution in [3.8, 4) is 0 Å². The van der Waals surface area contributed by atoms with Crippen LogP contribution < -0.4 is 5.32 Å². The molecule has 0 radical (unpaired) electrons. The van der Waals surface area contributed by atoms with Crippen molar-refractivity contribution in [3.63, 3.8) is 0 Å². The summed E-state index contributed by atoms with van der Waals surface area (Å²) >= 11 is 0. The van der Waals surface area contributed by atoms with Crippen molar-refractivity contribution in [2.45, 2.75) is 19.1 Å². The van der Waals surface area contributed by atoms with Gasteiger partial charge in [-0.15, -0.1) is 0 Å². The highest BCUT2D eigenvalue weighted by Gasteiger charge is 2.33. The summed E-state index contributed by atoms with van der Waals surface area (Å²) in [6, 6.07) is -0.688. The van der Waals surface area contributed by atoms with Crippen LogP contribution in [-0.2, 0) is 9.53 Å². The maximum atomic E-state index is 10.9. The van der Waals surface area contributed by atoms with Gasteiger partial charge >= 0.3 is 6.09 Å². The van der Waals surface area contributed by atoms with Gasteiger partial charge in [0.15, 0.2) is 5.78 Å². The molecule has 1 aliphatic rings. The molecule has 11 heavy (non-hydrogen) atoms. The highest BCUT2D eigenvalue weighted by Crippen LogP contribution is 2.08. The zero-order valence-electron chi connectivity index (χ0n) is 6.03. The van der Waals surface area contributed by atoms with Gasteiger partial charge in [-0.3, -0.25) is 4.79 Å². The Labute approximate surface area is 63.3 Å². The fourth-order valence-corrected chi connectivity index (χ4v) is 0.992. The maximum absolute atomic E-state index is 10.9. The molecule has 0 aromatic carbocycles. The molecule has 0 unspecified atom stereocenters. The summed E-state index contributed by atoms with van der Waals surface area (Å²) in [6.07, 6.45) is -1.54. The first kappa shape index (κ1) is 8.00. The molecule has 0 aromatic heterocycles. The van der Waals surface area contributed by atoms with Gasteiger partial charge in [0.1, 0.15) is 12.6 Å². The Morgan fingerprint density at radius 2 is 2.45 bits per heavy atom. The lowest BCUT2D eigenvalue weighted by Crippen LogP contribution is -2.42. The lowest BCUT2D eigenvalue weighted by atomic mass is 10.1. The molecule has 5 heteroatoms. The third-order valence-electron chi connectivity index (χ3n) is 1.58. The summed E-state index contributed by atoms with van der Waals surface area (Å²) < 4.78 is 4.90. The number of hydrogen-bond donors (Lipinski definition) is 2. The Kier molecular flexibility index (Phi) is 2.09. The molecule has 1 heterocycles. The van der Waals surface area contributed by atoms with Gasteiger partial charge in [-0.05, 0) is 6.92 Å². The standard InChI is InChI=1S/C6H9NO4/c1-3-5(7-6(9)10)4(8)2-11-3/h3,5,7H,2H2,1H3,(H,9,10)/t3-,5+/m1/s1. The average molecular weight is 159 g/mol. The van der Waals surface area contributed by atoms with Gasteiger partial charge in [0, 0.05) is 0 Å². The molecule has 0 aliphatic carbocycles. The van der Waals surface area contributed by atoms with Gasteiger partial charge in [0.25, 0.3) is 0 Å². The number of Topliss-reactive ketones (excluding diaryl/α,β-unsaturated/α-hetero) is 1. The molecule has 0 saturated carbocycles. The van der Waals surface area contributed by atoms with Crippen LogP contribution in [0.1, 0.15) is 6.92 Å². The summed E-state index contributed by atoms with van der Waals surface area (Å²) in [5.41, 5.74) is 0. The molecule has 1 saturated heterocycles. The van der Waals surface area contributed by atoms with Crippen LogP contribution in [0.25, 0.3) is 0 Å². The van der Waals surface area contributed by atoms with Crippen LogP contribution in [0.5, 0.6) is 0 Å². The summed E-state index contributed by atoms with van der Waals surface area (Å²) in [4.78, 5) is 21.0. The minimum Gasteiger partial charge on any atom is -0.465 e. The van der Waals surface area contributed by atoms with E-state index in [0.717, 1.165) is 0 Å². The molecule has 1 aliphatic heterocycles. The summed E-state index contributed by atoms with van der Waals surface area (Å²) in [5.74, 6) is -0.208. The fraction of sp³-hybridized carbons (Fsp3) is 0.667. The first-order valence-electron chi connectivity index (χ1n) is 3.25. The first-order chi connectivity index (χ1) is 5.11. The number of nitrogens with one attached hydrogen (secondary N) is 1. The van der Waals surface area contributed by atoms with Crippen molar-refractivity contribution >= 4 is 11.9 Å². The van der Waals surface area contributed by atoms with Crippen LogP contribution in [0, 0.1) is 0 Å². The topological polar surface area (TPSA) is 75.6 Å². The first-order valence-corrected chi connectivity index (χ1v) is 3.25. The van der Waals surface area contributed by atoms with Gasteiger partial charge in [-0.25, -0.2) is 4.79 Å². The Morgan fingerprint density at radius 1 is 1.82 bits per heavy atom. The number of carboxylic acid groups (broad SMARTS) is 1. The monoisotopic (exact) mass is 159 g/mol. The highest BCUT2D eigenvalue weighted by molar-refractivity contribution is 5.90. The van der Waals surface area contributed by atoms with Crippen molar-refractivity contribution in [3.05, 3.63) is 0 Å². The molecule has 1 rings (SSSR count). The maximum Gasteiger partial charge on any atom is 0.405 e. The normalized spacial score (nSPS) is 30.5. The molecule has 1 fully saturated rings. The zero-order chi connectivity index (χ0) is 8.43. The summed E-state index contributed by atoms with van der Waals surface area (Å²) in [6.45, 7) is 1.66. The van der Waals surface area contributed by atoms with E-state index in [4.69, 9.17) is 9.84 Å². The van der Waals surface area contributed by atoms with Crippen LogP contribution in [-0.4, -0.2) is 35.7 Å². The Balaban J connectivity index is 2.54. The van der Waals surface area contributed by atoms with Gasteiger partial charge < -0.3 is 15.2 Å². The second-order valence-electron chi connectivity index (χ2n) is 2.41. The zero-order valence-corrected chi connectivity index (χ0v) is 6.03. The van der Waals surface area contributed by atoms with Gasteiger partial charge in [0.05, 0.1) is 6.10 Å². The number of carbonyl (C=O) groups is 2. The van der Waals surface area contributed by atoms with E-state index in [9.17, 15) is 9.59 Å². The molecular formula is C6H9NO4. The molecular weight excluding hydrogens is 150 g/mol. The summed E-state index contributed by atoms with van der Waals surface area (Å²) in [7, 11) is 0. The quantitative estimate of drug-likeness (QED) is 0.546. The molecule has 0 spiro atoms. The number of carbonyl (C=O) groups excluding carboxylic acids is 1. The number of ether oxygens (including phenoxy) is 1. The van der Waals surface area contributed by atoms with Crippen molar-refractivity contribution in [1.82, 2.24) is 5.32 Å². The molecule has 0 bridgehead atoms. The predicted molar refractivity (Wildman–Crippen MR) is 35.4 cm³/mol. The van der Waals surface area contributed by atoms with Gasteiger partial charge in [-0.2, -0.15) is 0 Å². The van der Waals surface area contributed by atoms with Gasteiger partial charge in [0.2, 0.25) is 0 Å². The average Bonchev–Trinajstić information content (AvgIpc) is 2.18. The number of rotatable bonds is 1. The third-order valence-corrected chi connectivity index (χ3v) is 1.58. The van der Waals surface area contributed by atoms with Crippen LogP contribution in [0.4, 0.5) is 4.79 Å². The van der Waals surface area contributed by atoms with Crippen LogP contribution in [0.2, 0.25) is 0 Å². The Bertz CT molecular complexity index is 191. The number of hydrogen-bond acceptors (Lipinski definition) is 3. The lowest BCUT2D eigenvalue weighted by molar-refractivity contribution is -0.119. The minimum atomic E-state index is -1.19. The summed E-state index contributed by atoms with van der Waals surface area (Å²) in [5, 5.41) is 10.4. The molecule has 2 N–H and O–H groups in total. The molecule has 5 nitrogen and oxygen atoms in total. The van der Waals surface area contributed by atoms with E-state index < -0.39 is 12.1 Å². The fourth-order valence-electron chi connectivity index (χ4n) is 0.992. The van der Waals surface area contributed by atoms with E-state index in [0.29, 0.717) is 0 Å². The van der Waals surface area contributed by atoms with E-state index in [1.807, 2.05) is 0 Å². The van der Waals surface area contributed by atoms with Crippen molar-refractivity contribution in [2.75, 3.05) is 6.61 Å². The SMILES string of the molecule is C[C@H]1OCC(=O)[C@H]1NC(=O)O. The van der Waals surface area contributed by atoms with E-state index in [1.54, 1.807) is 6.92 Å². The largest absolute Gasteiger partial charge is 0.465 e. The van der Waals surface area contributed by atoms with Crippen LogP contribution >= 0.6 is 0 Å². The van der Waals surface area contributed by atoms with Crippen molar-refractivity contribution in [1.29, 1.82) is 0 Å². The lowest BCUT2D eigenvalue weighted by Gasteiger charge is -2.10. The second kappa shape index (κ2) is 2.87. The van der Waals surface area contributed by atoms with Crippen molar-refractivity contribution < 1.29 is 19.4 Å². The molecule has 2 atom stereocenters. The van der Waals surface area contributed by atoms with Gasteiger partial charge in [-0.1, -0.05) is 0 Å². The predicted octanol–water partition coefficient (Wildman–Crippen LogP) is -0.390. The van der Waals surface area contributed by atoms with Crippen LogP contribution in [0.3, 0.4) is 0 Å². The molecule has 1 amide bonds. The van der Waals surface area contributed by atoms with E-state index >= 15 is 0 Å². The smallest absolute Gasteiger partial charge is 0.405 e. The molecule has 62 valence electrons. The Hall–Kier alpha value is -1.10. The molecule has 0 aromatic rings. The van der Waals surface area contributed by atoms with E-state index in [2.05, 4.69) is 5.32 Å². The second-order valence-corrected chi connectivity index (χ2v) is 2.41. The van der Waals surface area contributed by atoms with E-state index in [-0.39, 0.29) is 18.5 Å². The third kappa shape index (κ3) is 1.68. The Morgan fingerprint density at radius 3 is 2.82 bits per heavy atom.